The van der Waals surface area contributed by atoms with Crippen molar-refractivity contribution in [2.75, 3.05) is 19.7 Å². The van der Waals surface area contributed by atoms with E-state index in [4.69, 9.17) is 0 Å². The van der Waals surface area contributed by atoms with Crippen molar-refractivity contribution in [1.29, 1.82) is 0 Å². The first-order valence-corrected chi connectivity index (χ1v) is 6.70. The summed E-state index contributed by atoms with van der Waals surface area (Å²) in [5, 5.41) is 9.26. The highest BCUT2D eigenvalue weighted by Crippen LogP contribution is 2.17. The van der Waals surface area contributed by atoms with Crippen LogP contribution in [0.5, 0.6) is 0 Å². The van der Waals surface area contributed by atoms with E-state index in [0.29, 0.717) is 12.6 Å². The van der Waals surface area contributed by atoms with Gasteiger partial charge in [-0.2, -0.15) is 0 Å². The van der Waals surface area contributed by atoms with Gasteiger partial charge in [0.25, 0.3) is 0 Å². The molecule has 1 heterocycles. The first-order chi connectivity index (χ1) is 8.31. The summed E-state index contributed by atoms with van der Waals surface area (Å²) in [4.78, 5) is 2.44. The van der Waals surface area contributed by atoms with Crippen LogP contribution in [0.2, 0.25) is 0 Å². The van der Waals surface area contributed by atoms with Gasteiger partial charge in [0.15, 0.2) is 0 Å². The van der Waals surface area contributed by atoms with Crippen molar-refractivity contribution in [3.8, 4) is 0 Å². The van der Waals surface area contributed by atoms with E-state index in [0.717, 1.165) is 13.0 Å². The maximum Gasteiger partial charge on any atom is 0.0586 e. The van der Waals surface area contributed by atoms with E-state index in [1.165, 1.54) is 36.9 Å². The Labute approximate surface area is 104 Å². The van der Waals surface area contributed by atoms with Gasteiger partial charge in [0, 0.05) is 6.04 Å². The van der Waals surface area contributed by atoms with E-state index >= 15 is 0 Å². The highest BCUT2D eigenvalue weighted by molar-refractivity contribution is 5.25. The number of aryl methyl sites for hydroxylation is 2. The second kappa shape index (κ2) is 6.18. The number of rotatable bonds is 5. The number of benzene rings is 1. The second-order valence-corrected chi connectivity index (χ2v) is 5.04. The normalized spacial score (nSPS) is 20.9. The van der Waals surface area contributed by atoms with Crippen LogP contribution in [-0.2, 0) is 6.42 Å². The molecule has 1 atom stereocenters. The van der Waals surface area contributed by atoms with Crippen LogP contribution in [0.4, 0.5) is 0 Å². The topological polar surface area (TPSA) is 23.5 Å². The molecule has 0 aromatic heterocycles. The molecule has 0 unspecified atom stereocenters. The van der Waals surface area contributed by atoms with E-state index in [2.05, 4.69) is 36.1 Å². The zero-order valence-electron chi connectivity index (χ0n) is 10.7. The van der Waals surface area contributed by atoms with Gasteiger partial charge in [-0.05, 0) is 56.8 Å². The molecule has 0 spiro atoms. The molecule has 1 fully saturated rings. The van der Waals surface area contributed by atoms with Crippen molar-refractivity contribution in [3.05, 3.63) is 35.4 Å². The standard InChI is InChI=1S/C15H23NO/c1-13-6-2-3-7-14(13)8-4-10-16-11-5-9-15(16)12-17/h2-3,6-7,15,17H,4-5,8-12H2,1H3/t15-/m1/s1. The van der Waals surface area contributed by atoms with E-state index < -0.39 is 0 Å². The van der Waals surface area contributed by atoms with Gasteiger partial charge in [-0.3, -0.25) is 4.90 Å². The van der Waals surface area contributed by atoms with Crippen molar-refractivity contribution in [2.45, 2.75) is 38.6 Å². The molecular weight excluding hydrogens is 210 g/mol. The monoisotopic (exact) mass is 233 g/mol. The van der Waals surface area contributed by atoms with E-state index in [-0.39, 0.29) is 0 Å². The fourth-order valence-corrected chi connectivity index (χ4v) is 2.76. The minimum atomic E-state index is 0.324. The zero-order valence-corrected chi connectivity index (χ0v) is 10.7. The average molecular weight is 233 g/mol. The molecule has 94 valence electrons. The van der Waals surface area contributed by atoms with Crippen LogP contribution in [0.1, 0.15) is 30.4 Å². The summed E-state index contributed by atoms with van der Waals surface area (Å²) in [6.07, 6.45) is 4.76. The molecular formula is C15H23NO. The molecule has 17 heavy (non-hydrogen) atoms. The molecule has 1 aromatic rings. The van der Waals surface area contributed by atoms with E-state index in [9.17, 15) is 5.11 Å². The Balaban J connectivity index is 1.78. The van der Waals surface area contributed by atoms with Crippen LogP contribution in [0.15, 0.2) is 24.3 Å². The Kier molecular flexibility index (Phi) is 4.57. The van der Waals surface area contributed by atoms with Crippen molar-refractivity contribution < 1.29 is 5.11 Å². The van der Waals surface area contributed by atoms with Gasteiger partial charge in [0.2, 0.25) is 0 Å². The van der Waals surface area contributed by atoms with Gasteiger partial charge in [0.05, 0.1) is 6.61 Å². The van der Waals surface area contributed by atoms with Crippen LogP contribution in [0, 0.1) is 6.92 Å². The largest absolute Gasteiger partial charge is 0.395 e. The van der Waals surface area contributed by atoms with Crippen LogP contribution in [0.3, 0.4) is 0 Å². The second-order valence-electron chi connectivity index (χ2n) is 5.04. The van der Waals surface area contributed by atoms with Gasteiger partial charge < -0.3 is 5.11 Å². The number of likely N-dealkylation sites (tertiary alicyclic amines) is 1. The molecule has 2 heteroatoms. The summed E-state index contributed by atoms with van der Waals surface area (Å²) in [6, 6.07) is 9.05. The van der Waals surface area contributed by atoms with Crippen molar-refractivity contribution in [3.63, 3.8) is 0 Å². The highest BCUT2D eigenvalue weighted by Gasteiger charge is 2.22. The lowest BCUT2D eigenvalue weighted by atomic mass is 10.0. The predicted molar refractivity (Wildman–Crippen MR) is 71.2 cm³/mol. The molecule has 0 saturated carbocycles. The van der Waals surface area contributed by atoms with Crippen molar-refractivity contribution in [2.24, 2.45) is 0 Å². The Bertz CT molecular complexity index is 351. The fraction of sp³-hybridized carbons (Fsp3) is 0.600. The molecule has 0 amide bonds. The summed E-state index contributed by atoms with van der Waals surface area (Å²) in [5.41, 5.74) is 2.86. The van der Waals surface area contributed by atoms with Crippen LogP contribution < -0.4 is 0 Å². The third-order valence-electron chi connectivity index (χ3n) is 3.86. The SMILES string of the molecule is Cc1ccccc1CCCN1CCC[C@@H]1CO. The van der Waals surface area contributed by atoms with Gasteiger partial charge in [-0.25, -0.2) is 0 Å². The molecule has 0 bridgehead atoms. The van der Waals surface area contributed by atoms with Gasteiger partial charge in [0.1, 0.15) is 0 Å². The maximum atomic E-state index is 9.26. The summed E-state index contributed by atoms with van der Waals surface area (Å²) < 4.78 is 0. The van der Waals surface area contributed by atoms with Gasteiger partial charge >= 0.3 is 0 Å². The Hall–Kier alpha value is -0.860. The molecule has 1 aliphatic rings. The molecule has 0 aliphatic carbocycles. The third kappa shape index (κ3) is 3.30. The van der Waals surface area contributed by atoms with Crippen LogP contribution in [-0.4, -0.2) is 35.7 Å². The van der Waals surface area contributed by atoms with Crippen LogP contribution in [0.25, 0.3) is 0 Å². The maximum absolute atomic E-state index is 9.26. The lowest BCUT2D eigenvalue weighted by Gasteiger charge is -2.22. The number of hydrogen-bond acceptors (Lipinski definition) is 2. The van der Waals surface area contributed by atoms with Crippen LogP contribution >= 0.6 is 0 Å². The number of aliphatic hydroxyl groups is 1. The molecule has 1 aliphatic heterocycles. The first kappa shape index (κ1) is 12.6. The summed E-state index contributed by atoms with van der Waals surface area (Å²) in [7, 11) is 0. The average Bonchev–Trinajstić information content (AvgIpc) is 2.79. The first-order valence-electron chi connectivity index (χ1n) is 6.70. The Morgan fingerprint density at radius 1 is 1.35 bits per heavy atom. The molecule has 2 rings (SSSR count). The Morgan fingerprint density at radius 3 is 2.94 bits per heavy atom. The number of nitrogens with zero attached hydrogens (tertiary/aromatic N) is 1. The van der Waals surface area contributed by atoms with Gasteiger partial charge in [-0.1, -0.05) is 24.3 Å². The smallest absolute Gasteiger partial charge is 0.0586 e. The Morgan fingerprint density at radius 2 is 2.18 bits per heavy atom. The minimum absolute atomic E-state index is 0.324. The summed E-state index contributed by atoms with van der Waals surface area (Å²) in [5.74, 6) is 0. The molecule has 0 radical (unpaired) electrons. The molecule has 1 N–H and O–H groups in total. The quantitative estimate of drug-likeness (QED) is 0.844. The fourth-order valence-electron chi connectivity index (χ4n) is 2.76. The lowest BCUT2D eigenvalue weighted by molar-refractivity contribution is 0.158. The summed E-state index contributed by atoms with van der Waals surface area (Å²) >= 11 is 0. The third-order valence-corrected chi connectivity index (χ3v) is 3.86. The molecule has 1 saturated heterocycles. The van der Waals surface area contributed by atoms with Crippen molar-refractivity contribution >= 4 is 0 Å². The zero-order chi connectivity index (χ0) is 12.1. The highest BCUT2D eigenvalue weighted by atomic mass is 16.3. The molecule has 1 aromatic carbocycles. The lowest BCUT2D eigenvalue weighted by Crippen LogP contribution is -2.33. The van der Waals surface area contributed by atoms with E-state index in [1.54, 1.807) is 0 Å². The molecule has 2 nitrogen and oxygen atoms in total. The minimum Gasteiger partial charge on any atom is -0.395 e. The van der Waals surface area contributed by atoms with Crippen molar-refractivity contribution in [1.82, 2.24) is 4.90 Å². The summed E-state index contributed by atoms with van der Waals surface area (Å²) in [6.45, 7) is 4.80. The van der Waals surface area contributed by atoms with E-state index in [1.807, 2.05) is 0 Å². The number of aliphatic hydroxyl groups excluding tert-OH is 1. The number of hydrogen-bond donors (Lipinski definition) is 1. The predicted octanol–water partition coefficient (Wildman–Crippen LogP) is 2.38. The van der Waals surface area contributed by atoms with Gasteiger partial charge in [-0.15, -0.1) is 0 Å².